The first-order chi connectivity index (χ1) is 9.65. The summed E-state index contributed by atoms with van der Waals surface area (Å²) in [4.78, 5) is 11.8. The van der Waals surface area contributed by atoms with Crippen molar-refractivity contribution in [2.24, 2.45) is 5.10 Å². The summed E-state index contributed by atoms with van der Waals surface area (Å²) in [5.41, 5.74) is 4.29. The van der Waals surface area contributed by atoms with Crippen molar-refractivity contribution in [2.45, 2.75) is 13.5 Å². The summed E-state index contributed by atoms with van der Waals surface area (Å²) in [6.45, 7) is 2.10. The summed E-state index contributed by atoms with van der Waals surface area (Å²) >= 11 is 3.41. The molecule has 0 bridgehead atoms. The molecule has 0 aliphatic heterocycles. The highest BCUT2D eigenvalue weighted by atomic mass is 79.9. The fourth-order valence-corrected chi connectivity index (χ4v) is 2.06. The zero-order valence-corrected chi connectivity index (χ0v) is 12.7. The summed E-state index contributed by atoms with van der Waals surface area (Å²) in [5.74, 6) is -0.157. The zero-order valence-electron chi connectivity index (χ0n) is 11.1. The van der Waals surface area contributed by atoms with Gasteiger partial charge >= 0.3 is 5.91 Å². The van der Waals surface area contributed by atoms with Crippen LogP contribution in [0.3, 0.4) is 0 Å². The molecule has 0 unspecified atom stereocenters. The highest BCUT2D eigenvalue weighted by molar-refractivity contribution is 9.10. The molecule has 0 atom stereocenters. The summed E-state index contributed by atoms with van der Waals surface area (Å²) in [7, 11) is 0. The molecule has 1 aromatic heterocycles. The quantitative estimate of drug-likeness (QED) is 0.521. The molecular formula is C15H15BrN3O+. The number of aromatic nitrogens is 1. The van der Waals surface area contributed by atoms with Crippen LogP contribution in [0.1, 0.15) is 12.5 Å². The van der Waals surface area contributed by atoms with Crippen LogP contribution in [0.4, 0.5) is 0 Å². The number of amides is 1. The van der Waals surface area contributed by atoms with E-state index in [0.29, 0.717) is 0 Å². The SMILES string of the molecule is C/C(=N\NC(=O)C[n+]1ccccc1)c1cccc(Br)c1. The van der Waals surface area contributed by atoms with Gasteiger partial charge in [0, 0.05) is 16.6 Å². The van der Waals surface area contributed by atoms with Crippen molar-refractivity contribution >= 4 is 27.5 Å². The number of hydrogen-bond acceptors (Lipinski definition) is 2. The normalized spacial score (nSPS) is 11.2. The largest absolute Gasteiger partial charge is 0.305 e. The van der Waals surface area contributed by atoms with Crippen molar-refractivity contribution in [1.29, 1.82) is 0 Å². The second kappa shape index (κ2) is 6.96. The van der Waals surface area contributed by atoms with Gasteiger partial charge < -0.3 is 0 Å². The van der Waals surface area contributed by atoms with Gasteiger partial charge in [0.2, 0.25) is 6.54 Å². The lowest BCUT2D eigenvalue weighted by atomic mass is 10.1. The molecule has 1 N–H and O–H groups in total. The number of rotatable bonds is 4. The van der Waals surface area contributed by atoms with E-state index in [4.69, 9.17) is 0 Å². The fraction of sp³-hybridized carbons (Fsp3) is 0.133. The minimum atomic E-state index is -0.157. The third-order valence-corrected chi connectivity index (χ3v) is 3.19. The highest BCUT2D eigenvalue weighted by Gasteiger charge is 2.07. The van der Waals surface area contributed by atoms with Gasteiger partial charge in [-0.05, 0) is 24.6 Å². The Hall–Kier alpha value is -2.01. The lowest BCUT2D eigenvalue weighted by Crippen LogP contribution is -2.41. The molecule has 2 aromatic rings. The number of benzene rings is 1. The number of nitrogens with one attached hydrogen (secondary N) is 1. The molecule has 0 fully saturated rings. The number of pyridine rings is 1. The van der Waals surface area contributed by atoms with Crippen LogP contribution in [0.15, 0.2) is 64.4 Å². The van der Waals surface area contributed by atoms with Crippen LogP contribution in [0.5, 0.6) is 0 Å². The fourth-order valence-electron chi connectivity index (χ4n) is 1.67. The number of hydrogen-bond donors (Lipinski definition) is 1. The molecule has 0 aliphatic carbocycles. The van der Waals surface area contributed by atoms with Gasteiger partial charge in [-0.2, -0.15) is 9.67 Å². The summed E-state index contributed by atoms with van der Waals surface area (Å²) in [6.07, 6.45) is 3.68. The van der Waals surface area contributed by atoms with E-state index in [9.17, 15) is 4.79 Å². The lowest BCUT2D eigenvalue weighted by Gasteiger charge is -2.02. The summed E-state index contributed by atoms with van der Waals surface area (Å²) in [5, 5.41) is 4.11. The second-order valence-electron chi connectivity index (χ2n) is 4.29. The number of carbonyl (C=O) groups excluding carboxylic acids is 1. The predicted molar refractivity (Wildman–Crippen MR) is 81.1 cm³/mol. The molecule has 2 rings (SSSR count). The first-order valence-electron chi connectivity index (χ1n) is 6.18. The van der Waals surface area contributed by atoms with Crippen LogP contribution >= 0.6 is 15.9 Å². The van der Waals surface area contributed by atoms with Gasteiger partial charge in [0.05, 0.1) is 5.71 Å². The Morgan fingerprint density at radius 1 is 1.25 bits per heavy atom. The van der Waals surface area contributed by atoms with E-state index in [2.05, 4.69) is 26.5 Å². The Bertz CT molecular complexity index is 626. The van der Waals surface area contributed by atoms with E-state index in [0.717, 1.165) is 15.7 Å². The van der Waals surface area contributed by atoms with Crippen molar-refractivity contribution in [1.82, 2.24) is 5.43 Å². The molecule has 0 spiro atoms. The maximum atomic E-state index is 11.8. The van der Waals surface area contributed by atoms with Crippen LogP contribution in [-0.2, 0) is 11.3 Å². The average Bonchev–Trinajstić information content (AvgIpc) is 2.46. The van der Waals surface area contributed by atoms with Crippen molar-refractivity contribution in [3.63, 3.8) is 0 Å². The van der Waals surface area contributed by atoms with Gasteiger partial charge in [-0.15, -0.1) is 0 Å². The van der Waals surface area contributed by atoms with E-state index in [1.54, 1.807) is 4.57 Å². The van der Waals surface area contributed by atoms with Crippen molar-refractivity contribution < 1.29 is 9.36 Å². The molecule has 102 valence electrons. The summed E-state index contributed by atoms with van der Waals surface area (Å²) < 4.78 is 2.77. The Morgan fingerprint density at radius 2 is 2.00 bits per heavy atom. The van der Waals surface area contributed by atoms with Gasteiger partial charge in [0.25, 0.3) is 0 Å². The van der Waals surface area contributed by atoms with E-state index in [1.165, 1.54) is 0 Å². The van der Waals surface area contributed by atoms with Crippen LogP contribution in [0.2, 0.25) is 0 Å². The van der Waals surface area contributed by atoms with Crippen molar-refractivity contribution in [3.8, 4) is 0 Å². The molecular weight excluding hydrogens is 318 g/mol. The topological polar surface area (TPSA) is 45.3 Å². The second-order valence-corrected chi connectivity index (χ2v) is 5.21. The van der Waals surface area contributed by atoms with Crippen LogP contribution < -0.4 is 9.99 Å². The Labute approximate surface area is 126 Å². The first-order valence-corrected chi connectivity index (χ1v) is 6.97. The average molecular weight is 333 g/mol. The predicted octanol–water partition coefficient (Wildman–Crippen LogP) is 2.28. The van der Waals surface area contributed by atoms with Crippen molar-refractivity contribution in [3.05, 3.63) is 64.9 Å². The third-order valence-electron chi connectivity index (χ3n) is 2.69. The van der Waals surface area contributed by atoms with Gasteiger partial charge in [0.15, 0.2) is 12.4 Å². The van der Waals surface area contributed by atoms with E-state index in [1.807, 2.05) is 61.8 Å². The third kappa shape index (κ3) is 4.28. The number of halogens is 1. The zero-order chi connectivity index (χ0) is 14.4. The van der Waals surface area contributed by atoms with Crippen LogP contribution in [0.25, 0.3) is 0 Å². The molecule has 0 saturated carbocycles. The molecule has 0 aliphatic rings. The molecule has 20 heavy (non-hydrogen) atoms. The first kappa shape index (κ1) is 14.4. The van der Waals surface area contributed by atoms with E-state index >= 15 is 0 Å². The van der Waals surface area contributed by atoms with E-state index < -0.39 is 0 Å². The Kier molecular flexibility index (Phi) is 5.01. The number of hydrazone groups is 1. The Balaban J connectivity index is 1.97. The molecule has 0 saturated heterocycles. The summed E-state index contributed by atoms with van der Waals surface area (Å²) in [6, 6.07) is 13.4. The van der Waals surface area contributed by atoms with Gasteiger partial charge in [-0.25, -0.2) is 5.43 Å². The molecule has 5 heteroatoms. The Morgan fingerprint density at radius 3 is 2.70 bits per heavy atom. The minimum absolute atomic E-state index is 0.157. The smallest absolute Gasteiger partial charge is 0.266 e. The number of carbonyl (C=O) groups is 1. The van der Waals surface area contributed by atoms with Crippen LogP contribution in [-0.4, -0.2) is 11.6 Å². The highest BCUT2D eigenvalue weighted by Crippen LogP contribution is 2.12. The van der Waals surface area contributed by atoms with Gasteiger partial charge in [0.1, 0.15) is 0 Å². The molecule has 1 amide bonds. The maximum Gasteiger partial charge on any atom is 0.305 e. The van der Waals surface area contributed by atoms with Gasteiger partial charge in [-0.3, -0.25) is 4.79 Å². The molecule has 1 aromatic carbocycles. The minimum Gasteiger partial charge on any atom is -0.266 e. The molecule has 0 radical (unpaired) electrons. The van der Waals surface area contributed by atoms with Crippen LogP contribution in [0, 0.1) is 0 Å². The van der Waals surface area contributed by atoms with Gasteiger partial charge in [-0.1, -0.05) is 34.1 Å². The van der Waals surface area contributed by atoms with E-state index in [-0.39, 0.29) is 12.5 Å². The molecule has 4 nitrogen and oxygen atoms in total. The lowest BCUT2D eigenvalue weighted by molar-refractivity contribution is -0.684. The standard InChI is InChI=1S/C15H14BrN3O/c1-12(13-6-5-7-14(16)10-13)17-18-15(20)11-19-8-3-2-4-9-19/h2-10H,11H2,1H3/p+1/b17-12+. The maximum absolute atomic E-state index is 11.8. The van der Waals surface area contributed by atoms with Crippen molar-refractivity contribution in [2.75, 3.05) is 0 Å². The number of nitrogens with zero attached hydrogens (tertiary/aromatic N) is 2. The monoisotopic (exact) mass is 332 g/mol. The molecule has 1 heterocycles.